The lowest BCUT2D eigenvalue weighted by Gasteiger charge is -2.01. The highest BCUT2D eigenvalue weighted by Crippen LogP contribution is 1.78. The summed E-state index contributed by atoms with van der Waals surface area (Å²) in [5.41, 5.74) is 6.50. The number of amidine groups is 2. The zero-order valence-electron chi connectivity index (χ0n) is 6.10. The average Bonchev–Trinajstić information content (AvgIpc) is 1.99. The van der Waals surface area contributed by atoms with Gasteiger partial charge in [-0.3, -0.25) is 10.4 Å². The summed E-state index contributed by atoms with van der Waals surface area (Å²) in [6, 6.07) is 0. The Morgan fingerprint density at radius 2 is 2.20 bits per heavy atom. The van der Waals surface area contributed by atoms with Crippen molar-refractivity contribution in [1.29, 1.82) is 10.9 Å². The van der Waals surface area contributed by atoms with E-state index < -0.39 is 0 Å². The third kappa shape index (κ3) is 2.34. The van der Waals surface area contributed by atoms with E-state index in [1.54, 1.807) is 7.05 Å². The summed E-state index contributed by atoms with van der Waals surface area (Å²) in [4.78, 5) is 3.72. The predicted molar refractivity (Wildman–Crippen MR) is 39.9 cm³/mol. The first-order chi connectivity index (χ1) is 4.76. The van der Waals surface area contributed by atoms with Crippen LogP contribution in [0.25, 0.3) is 0 Å². The molecule has 0 unspecified atom stereocenters. The molecule has 0 spiro atoms. The van der Waals surface area contributed by atoms with Crippen molar-refractivity contribution < 1.29 is 0 Å². The summed E-state index contributed by atoms with van der Waals surface area (Å²) in [5.74, 6) is 0.224. The van der Waals surface area contributed by atoms with Crippen LogP contribution >= 0.6 is 0 Å². The molecule has 0 fully saturated rings. The number of hydrogen-bond acceptors (Lipinski definition) is 3. The van der Waals surface area contributed by atoms with E-state index in [1.165, 1.54) is 0 Å². The Morgan fingerprint density at radius 1 is 1.60 bits per heavy atom. The fraction of sp³-hybridized carbons (Fsp3) is 0.600. The standard InChI is InChI=1S/C5H11N5/c1-3-9-5(8-2)4(6)10-7/h6-7H,3H2,1-2H3,(H,8,9). The third-order valence-electron chi connectivity index (χ3n) is 0.904. The van der Waals surface area contributed by atoms with Crippen molar-refractivity contribution in [3.8, 4) is 0 Å². The topological polar surface area (TPSA) is 84.5 Å². The number of rotatable bonds is 1. The molecular weight excluding hydrogens is 130 g/mol. The lowest BCUT2D eigenvalue weighted by atomic mass is 10.5. The lowest BCUT2D eigenvalue weighted by molar-refractivity contribution is 0.966. The van der Waals surface area contributed by atoms with Gasteiger partial charge in [0.2, 0.25) is 5.84 Å². The van der Waals surface area contributed by atoms with Gasteiger partial charge in [0.05, 0.1) is 0 Å². The highest BCUT2D eigenvalue weighted by atomic mass is 15.1. The molecule has 56 valence electrons. The maximum Gasteiger partial charge on any atom is 0.208 e. The highest BCUT2D eigenvalue weighted by molar-refractivity contribution is 6.39. The van der Waals surface area contributed by atoms with Gasteiger partial charge < -0.3 is 5.32 Å². The molecule has 0 radical (unpaired) electrons. The zero-order chi connectivity index (χ0) is 7.98. The van der Waals surface area contributed by atoms with E-state index >= 15 is 0 Å². The molecule has 0 aromatic carbocycles. The van der Waals surface area contributed by atoms with Crippen LogP contribution in [0, 0.1) is 10.9 Å². The molecule has 0 aromatic rings. The first-order valence-electron chi connectivity index (χ1n) is 2.93. The molecule has 0 aromatic heterocycles. The van der Waals surface area contributed by atoms with Crippen molar-refractivity contribution in [3.05, 3.63) is 0 Å². The van der Waals surface area contributed by atoms with Gasteiger partial charge in [-0.1, -0.05) is 0 Å². The molecule has 3 N–H and O–H groups in total. The van der Waals surface area contributed by atoms with Crippen molar-refractivity contribution in [2.45, 2.75) is 6.92 Å². The Hall–Kier alpha value is -1.26. The second-order valence-corrected chi connectivity index (χ2v) is 1.56. The summed E-state index contributed by atoms with van der Waals surface area (Å²) in [5, 5.41) is 12.8. The minimum Gasteiger partial charge on any atom is -0.367 e. The molecule has 0 amide bonds. The molecule has 5 heteroatoms. The molecular formula is C5H11N5. The Morgan fingerprint density at radius 3 is 2.50 bits per heavy atom. The monoisotopic (exact) mass is 141 g/mol. The summed E-state index contributed by atoms with van der Waals surface area (Å²) in [7, 11) is 1.55. The molecule has 0 saturated carbocycles. The average molecular weight is 141 g/mol. The van der Waals surface area contributed by atoms with Gasteiger partial charge >= 0.3 is 0 Å². The second-order valence-electron chi connectivity index (χ2n) is 1.56. The van der Waals surface area contributed by atoms with Gasteiger partial charge in [0.1, 0.15) is 0 Å². The van der Waals surface area contributed by atoms with E-state index in [2.05, 4.69) is 15.4 Å². The van der Waals surface area contributed by atoms with Gasteiger partial charge in [0.25, 0.3) is 0 Å². The largest absolute Gasteiger partial charge is 0.367 e. The van der Waals surface area contributed by atoms with E-state index in [9.17, 15) is 0 Å². The van der Waals surface area contributed by atoms with Crippen LogP contribution in [0.3, 0.4) is 0 Å². The van der Waals surface area contributed by atoms with E-state index in [0.717, 1.165) is 0 Å². The molecule has 0 aliphatic carbocycles. The van der Waals surface area contributed by atoms with Gasteiger partial charge in [-0.2, -0.15) is 0 Å². The minimum absolute atomic E-state index is 0.135. The Balaban J connectivity index is 4.08. The maximum absolute atomic E-state index is 7.05. The van der Waals surface area contributed by atoms with Crippen molar-refractivity contribution in [2.24, 2.45) is 10.1 Å². The molecule has 0 heterocycles. The summed E-state index contributed by atoms with van der Waals surface area (Å²) < 4.78 is 0. The number of aliphatic imine (C=N–C) groups is 1. The van der Waals surface area contributed by atoms with E-state index in [4.69, 9.17) is 10.9 Å². The van der Waals surface area contributed by atoms with Crippen LogP contribution in [0.1, 0.15) is 6.92 Å². The summed E-state index contributed by atoms with van der Waals surface area (Å²) in [6.07, 6.45) is 0. The van der Waals surface area contributed by atoms with Gasteiger partial charge in [0, 0.05) is 13.6 Å². The molecule has 5 nitrogen and oxygen atoms in total. The molecule has 0 bridgehead atoms. The molecule has 0 atom stereocenters. The van der Waals surface area contributed by atoms with Crippen LogP contribution in [0.2, 0.25) is 0 Å². The number of nitrogens with one attached hydrogen (secondary N) is 3. The van der Waals surface area contributed by atoms with Crippen LogP contribution in [0.15, 0.2) is 10.1 Å². The number of nitrogens with zero attached hydrogens (tertiary/aromatic N) is 2. The Labute approximate surface area is 59.6 Å². The minimum atomic E-state index is -0.135. The fourth-order valence-corrected chi connectivity index (χ4v) is 0.489. The van der Waals surface area contributed by atoms with Crippen LogP contribution in [0.5, 0.6) is 0 Å². The van der Waals surface area contributed by atoms with Gasteiger partial charge in [0.15, 0.2) is 5.84 Å². The second kappa shape index (κ2) is 4.60. The van der Waals surface area contributed by atoms with Crippen molar-refractivity contribution >= 4 is 11.7 Å². The van der Waals surface area contributed by atoms with Crippen LogP contribution in [-0.2, 0) is 0 Å². The smallest absolute Gasteiger partial charge is 0.208 e. The van der Waals surface area contributed by atoms with Crippen molar-refractivity contribution in [1.82, 2.24) is 5.32 Å². The van der Waals surface area contributed by atoms with E-state index in [-0.39, 0.29) is 5.84 Å². The van der Waals surface area contributed by atoms with Crippen LogP contribution in [-0.4, -0.2) is 25.3 Å². The number of hydrogen-bond donors (Lipinski definition) is 3. The van der Waals surface area contributed by atoms with Crippen LogP contribution in [0.4, 0.5) is 0 Å². The highest BCUT2D eigenvalue weighted by Gasteiger charge is 2.00. The van der Waals surface area contributed by atoms with E-state index in [0.29, 0.717) is 12.4 Å². The van der Waals surface area contributed by atoms with Gasteiger partial charge in [-0.25, -0.2) is 5.53 Å². The van der Waals surface area contributed by atoms with E-state index in [1.807, 2.05) is 6.92 Å². The molecule has 0 rings (SSSR count). The summed E-state index contributed by atoms with van der Waals surface area (Å²) in [6.45, 7) is 2.58. The molecule has 0 aliphatic rings. The van der Waals surface area contributed by atoms with Crippen LogP contribution < -0.4 is 5.32 Å². The first kappa shape index (κ1) is 8.74. The summed E-state index contributed by atoms with van der Waals surface area (Å²) >= 11 is 0. The predicted octanol–water partition coefficient (Wildman–Crippen LogP) is 0.632. The molecule has 10 heavy (non-hydrogen) atoms. The van der Waals surface area contributed by atoms with Crippen molar-refractivity contribution in [2.75, 3.05) is 13.6 Å². The third-order valence-corrected chi connectivity index (χ3v) is 0.904. The van der Waals surface area contributed by atoms with Crippen molar-refractivity contribution in [3.63, 3.8) is 0 Å². The fourth-order valence-electron chi connectivity index (χ4n) is 0.489. The lowest BCUT2D eigenvalue weighted by Crippen LogP contribution is -2.29. The molecule has 0 aliphatic heterocycles. The SMILES string of the molecule is CCNC(=NC)C(=N)N=N. The molecule has 0 saturated heterocycles. The maximum atomic E-state index is 7.05. The van der Waals surface area contributed by atoms with Gasteiger partial charge in [-0.15, -0.1) is 5.11 Å². The van der Waals surface area contributed by atoms with Gasteiger partial charge in [-0.05, 0) is 6.92 Å². The Kier molecular flexibility index (Phi) is 4.02. The normalized spacial score (nSPS) is 10.8. The zero-order valence-corrected chi connectivity index (χ0v) is 6.10. The Bertz CT molecular complexity index is 159. The number of likely N-dealkylation sites (N-methyl/N-ethyl adjacent to an activating group) is 1. The quantitative estimate of drug-likeness (QED) is 0.279. The first-order valence-corrected chi connectivity index (χ1v) is 2.93.